The Labute approximate surface area is 103 Å². The predicted octanol–water partition coefficient (Wildman–Crippen LogP) is 2.77. The summed E-state index contributed by atoms with van der Waals surface area (Å²) in [4.78, 5) is 4.49. The topological polar surface area (TPSA) is 0 Å². The van der Waals surface area contributed by atoms with E-state index in [0.29, 0.717) is 0 Å². The average molecular weight is 337 g/mol. The van der Waals surface area contributed by atoms with Crippen LogP contribution in [0.4, 0.5) is 8.78 Å². The van der Waals surface area contributed by atoms with Gasteiger partial charge in [-0.2, -0.15) is 0 Å². The van der Waals surface area contributed by atoms with Gasteiger partial charge in [0.15, 0.2) is 0 Å². The van der Waals surface area contributed by atoms with Crippen LogP contribution in [0.5, 0.6) is 0 Å². The Bertz CT molecular complexity index is 618. The molecule has 0 spiro atoms. The summed E-state index contributed by atoms with van der Waals surface area (Å²) in [5.74, 6) is -1.47. The molecule has 3 rings (SSSR count). The molecule has 0 aromatic heterocycles. The zero-order valence-electron chi connectivity index (χ0n) is 9.72. The molecule has 1 aliphatic rings. The summed E-state index contributed by atoms with van der Waals surface area (Å²) in [6.07, 6.45) is 0. The fraction of sp³-hybridized carbons (Fsp3) is 0.143. The molecule has 0 bridgehead atoms. The molecule has 2 aromatic carbocycles. The van der Waals surface area contributed by atoms with Gasteiger partial charge in [-0.1, -0.05) is 0 Å². The molecule has 2 aromatic rings. The van der Waals surface area contributed by atoms with Crippen molar-refractivity contribution in [1.29, 1.82) is 0 Å². The van der Waals surface area contributed by atoms with Gasteiger partial charge in [-0.3, -0.25) is 0 Å². The molecule has 0 radical (unpaired) electrons. The molecule has 1 aliphatic heterocycles. The Kier molecular flexibility index (Phi) is 2.34. The summed E-state index contributed by atoms with van der Waals surface area (Å²) in [6, 6.07) is 10.9. The molecule has 0 unspecified atom stereocenters. The molecule has 17 heavy (non-hydrogen) atoms. The summed E-state index contributed by atoms with van der Waals surface area (Å²) in [5, 5.41) is 0. The Morgan fingerprint density at radius 3 is 2.24 bits per heavy atom. The normalized spacial score (nSPS) is 15.5. The first-order valence-corrected chi connectivity index (χ1v) is 14.2. The third-order valence-corrected chi connectivity index (χ3v) is 13.7. The standard InChI is InChI=1S/C12H6F2.2CH3.Sn/c13-11-7-6-10(8-12(11)14)9-4-2-1-3-5-9;;;/h1-4,7-8H;2*1H3;. The number of hydrogen-bond donors (Lipinski definition) is 0. The summed E-state index contributed by atoms with van der Waals surface area (Å²) < 4.78 is 29.2. The maximum atomic E-state index is 13.4. The van der Waals surface area contributed by atoms with E-state index in [1.165, 1.54) is 15.7 Å². The third kappa shape index (κ3) is 1.46. The van der Waals surface area contributed by atoms with Crippen molar-refractivity contribution in [3.05, 3.63) is 48.0 Å². The van der Waals surface area contributed by atoms with Crippen molar-refractivity contribution in [3.63, 3.8) is 0 Å². The van der Waals surface area contributed by atoms with Gasteiger partial charge in [0.05, 0.1) is 0 Å². The molecule has 0 atom stereocenters. The molecule has 0 aliphatic carbocycles. The quantitative estimate of drug-likeness (QED) is 0.649. The van der Waals surface area contributed by atoms with E-state index in [4.69, 9.17) is 0 Å². The molecule has 0 fully saturated rings. The Morgan fingerprint density at radius 1 is 0.824 bits per heavy atom. The zero-order valence-corrected chi connectivity index (χ0v) is 12.6. The molecular weight excluding hydrogens is 325 g/mol. The van der Waals surface area contributed by atoms with Crippen LogP contribution in [0.25, 0.3) is 11.1 Å². The SMILES string of the molecule is [CH3][Sn]1([CH3])[c]2ccccc2-c2cc(F)c(F)c[c]21. The second kappa shape index (κ2) is 3.54. The summed E-state index contributed by atoms with van der Waals surface area (Å²) >= 11 is -2.65. The second-order valence-electron chi connectivity index (χ2n) is 4.98. The van der Waals surface area contributed by atoms with E-state index in [-0.39, 0.29) is 0 Å². The van der Waals surface area contributed by atoms with E-state index in [0.717, 1.165) is 14.7 Å². The molecule has 0 nitrogen and oxygen atoms in total. The van der Waals surface area contributed by atoms with Gasteiger partial charge in [-0.05, 0) is 0 Å². The van der Waals surface area contributed by atoms with Crippen LogP contribution in [-0.2, 0) is 0 Å². The van der Waals surface area contributed by atoms with Gasteiger partial charge in [0.2, 0.25) is 0 Å². The Balaban J connectivity index is 2.40. The number of halogens is 2. The first kappa shape index (κ1) is 11.2. The minimum absolute atomic E-state index is 0.721. The molecule has 1 heterocycles. The average Bonchev–Trinajstić information content (AvgIpc) is 2.51. The van der Waals surface area contributed by atoms with E-state index in [2.05, 4.69) is 15.9 Å². The second-order valence-corrected chi connectivity index (χ2v) is 17.3. The van der Waals surface area contributed by atoms with Crippen molar-refractivity contribution >= 4 is 25.5 Å². The van der Waals surface area contributed by atoms with E-state index < -0.39 is 30.0 Å². The summed E-state index contributed by atoms with van der Waals surface area (Å²) in [6.45, 7) is 0. The van der Waals surface area contributed by atoms with Crippen molar-refractivity contribution in [1.82, 2.24) is 0 Å². The van der Waals surface area contributed by atoms with Crippen LogP contribution >= 0.6 is 0 Å². The van der Waals surface area contributed by atoms with Crippen molar-refractivity contribution in [2.45, 2.75) is 9.88 Å². The van der Waals surface area contributed by atoms with Crippen LogP contribution in [0.1, 0.15) is 0 Å². The van der Waals surface area contributed by atoms with Gasteiger partial charge in [0, 0.05) is 0 Å². The van der Waals surface area contributed by atoms with E-state index >= 15 is 0 Å². The van der Waals surface area contributed by atoms with Gasteiger partial charge < -0.3 is 0 Å². The van der Waals surface area contributed by atoms with Crippen molar-refractivity contribution in [3.8, 4) is 11.1 Å². The summed E-state index contributed by atoms with van der Waals surface area (Å²) in [7, 11) is 0. The minimum atomic E-state index is -2.65. The van der Waals surface area contributed by atoms with Gasteiger partial charge in [-0.25, -0.2) is 0 Å². The van der Waals surface area contributed by atoms with Gasteiger partial charge >= 0.3 is 103 Å². The molecule has 0 amide bonds. The van der Waals surface area contributed by atoms with Gasteiger partial charge in [0.1, 0.15) is 0 Å². The van der Waals surface area contributed by atoms with E-state index in [1.54, 1.807) is 0 Å². The zero-order chi connectivity index (χ0) is 12.2. The molecule has 0 N–H and O–H groups in total. The van der Waals surface area contributed by atoms with Crippen LogP contribution in [0, 0.1) is 11.6 Å². The van der Waals surface area contributed by atoms with Crippen LogP contribution in [0.2, 0.25) is 9.88 Å². The van der Waals surface area contributed by atoms with Gasteiger partial charge in [-0.15, -0.1) is 0 Å². The van der Waals surface area contributed by atoms with Crippen LogP contribution in [0.3, 0.4) is 0 Å². The first-order valence-electron chi connectivity index (χ1n) is 5.61. The fourth-order valence-electron chi connectivity index (χ4n) is 2.69. The van der Waals surface area contributed by atoms with Crippen molar-refractivity contribution in [2.24, 2.45) is 0 Å². The number of hydrogen-bond acceptors (Lipinski definition) is 0. The predicted molar refractivity (Wildman–Crippen MR) is 68.5 cm³/mol. The van der Waals surface area contributed by atoms with Gasteiger partial charge in [0.25, 0.3) is 0 Å². The number of fused-ring (bicyclic) bond motifs is 3. The molecule has 0 saturated carbocycles. The van der Waals surface area contributed by atoms with Crippen LogP contribution in [-0.4, -0.2) is 18.4 Å². The van der Waals surface area contributed by atoms with E-state index in [1.807, 2.05) is 18.2 Å². The summed E-state index contributed by atoms with van der Waals surface area (Å²) in [5.41, 5.74) is 2.00. The molecule has 0 saturated heterocycles. The Morgan fingerprint density at radius 2 is 1.47 bits per heavy atom. The van der Waals surface area contributed by atoms with Crippen molar-refractivity contribution < 1.29 is 8.78 Å². The first-order chi connectivity index (χ1) is 8.01. The number of rotatable bonds is 0. The number of benzene rings is 2. The van der Waals surface area contributed by atoms with Crippen LogP contribution in [0.15, 0.2) is 36.4 Å². The maximum absolute atomic E-state index is 13.4. The van der Waals surface area contributed by atoms with Crippen LogP contribution < -0.4 is 7.16 Å². The molecule has 86 valence electrons. The fourth-order valence-corrected chi connectivity index (χ4v) is 11.4. The van der Waals surface area contributed by atoms with Crippen molar-refractivity contribution in [2.75, 3.05) is 0 Å². The monoisotopic (exact) mass is 338 g/mol. The van der Waals surface area contributed by atoms with E-state index in [9.17, 15) is 8.78 Å². The third-order valence-electron chi connectivity index (χ3n) is 3.62. The molecular formula is C14H12F2Sn. The Hall–Kier alpha value is -0.901. The molecule has 3 heteroatoms.